The van der Waals surface area contributed by atoms with E-state index in [1.165, 1.54) is 44.1 Å². The van der Waals surface area contributed by atoms with Crippen LogP contribution >= 0.6 is 0 Å². The van der Waals surface area contributed by atoms with Crippen LogP contribution in [0.4, 0.5) is 5.82 Å². The molecule has 0 atom stereocenters. The van der Waals surface area contributed by atoms with Crippen LogP contribution in [-0.2, 0) is 6.42 Å². The van der Waals surface area contributed by atoms with Crippen molar-refractivity contribution in [1.82, 2.24) is 9.38 Å². The Kier molecular flexibility index (Phi) is 7.88. The van der Waals surface area contributed by atoms with Crippen LogP contribution in [-0.4, -0.2) is 21.4 Å². The number of imidazole rings is 1. The minimum atomic E-state index is -0.353. The number of anilines is 1. The maximum atomic E-state index is 13.1. The van der Waals surface area contributed by atoms with Gasteiger partial charge in [0.05, 0.1) is 5.56 Å². The highest BCUT2D eigenvalue weighted by molar-refractivity contribution is 5.92. The molecule has 0 spiro atoms. The Labute approximate surface area is 219 Å². The molecule has 1 fully saturated rings. The zero-order valence-corrected chi connectivity index (χ0v) is 22.0. The summed E-state index contributed by atoms with van der Waals surface area (Å²) in [6, 6.07) is 20.1. The fraction of sp³-hybridized carbons (Fsp3) is 0.375. The van der Waals surface area contributed by atoms with Gasteiger partial charge < -0.3 is 10.1 Å². The van der Waals surface area contributed by atoms with Gasteiger partial charge in [0.2, 0.25) is 0 Å². The van der Waals surface area contributed by atoms with Crippen molar-refractivity contribution in [2.45, 2.75) is 77.7 Å². The molecule has 1 saturated carbocycles. The number of ether oxygens (including phenoxy) is 1. The fourth-order valence-corrected chi connectivity index (χ4v) is 5.21. The number of fused-ring (bicyclic) bond motifs is 1. The van der Waals surface area contributed by atoms with Crippen molar-refractivity contribution in [3.63, 3.8) is 0 Å². The molecule has 4 aromatic rings. The summed E-state index contributed by atoms with van der Waals surface area (Å²) < 4.78 is 8.09. The van der Waals surface area contributed by atoms with E-state index in [0.717, 1.165) is 47.5 Å². The highest BCUT2D eigenvalue weighted by atomic mass is 16.5. The van der Waals surface area contributed by atoms with Crippen LogP contribution in [0.25, 0.3) is 16.9 Å². The van der Waals surface area contributed by atoms with Crippen LogP contribution in [0.5, 0.6) is 5.75 Å². The highest BCUT2D eigenvalue weighted by Gasteiger charge is 2.22. The Bertz CT molecular complexity index is 1350. The van der Waals surface area contributed by atoms with Crippen molar-refractivity contribution in [1.29, 1.82) is 0 Å². The molecule has 0 unspecified atom stereocenters. The SMILES string of the molecule is CCCCCc1ccc(C(=O)Oc2ccccc2-c2nc3cc(C)ccn3c2NC2CCCCC2)cc1. The Morgan fingerprint density at radius 3 is 2.59 bits per heavy atom. The van der Waals surface area contributed by atoms with Gasteiger partial charge in [0.1, 0.15) is 22.9 Å². The highest BCUT2D eigenvalue weighted by Crippen LogP contribution is 2.37. The molecule has 37 heavy (non-hydrogen) atoms. The number of carbonyl (C=O) groups is 1. The molecule has 1 N–H and O–H groups in total. The quantitative estimate of drug-likeness (QED) is 0.145. The van der Waals surface area contributed by atoms with Crippen LogP contribution in [0.15, 0.2) is 66.9 Å². The average molecular weight is 496 g/mol. The lowest BCUT2D eigenvalue weighted by Gasteiger charge is -2.24. The number of nitrogens with zero attached hydrogens (tertiary/aromatic N) is 2. The number of benzene rings is 2. The number of rotatable bonds is 9. The molecule has 0 saturated heterocycles. The number of esters is 1. The molecule has 0 radical (unpaired) electrons. The lowest BCUT2D eigenvalue weighted by atomic mass is 9.95. The maximum Gasteiger partial charge on any atom is 0.343 e. The van der Waals surface area contributed by atoms with Crippen molar-refractivity contribution >= 4 is 17.4 Å². The third kappa shape index (κ3) is 5.87. The number of para-hydroxylation sites is 1. The Morgan fingerprint density at radius 2 is 1.81 bits per heavy atom. The molecule has 2 heterocycles. The van der Waals surface area contributed by atoms with Gasteiger partial charge in [0, 0.05) is 17.8 Å². The third-order valence-corrected chi connectivity index (χ3v) is 7.33. The Morgan fingerprint density at radius 1 is 1.03 bits per heavy atom. The summed E-state index contributed by atoms with van der Waals surface area (Å²) in [5, 5.41) is 3.79. The van der Waals surface area contributed by atoms with Gasteiger partial charge >= 0.3 is 5.97 Å². The summed E-state index contributed by atoms with van der Waals surface area (Å²) in [6.45, 7) is 4.28. The van der Waals surface area contributed by atoms with Gasteiger partial charge in [0.15, 0.2) is 0 Å². The topological polar surface area (TPSA) is 55.6 Å². The van der Waals surface area contributed by atoms with Crippen molar-refractivity contribution in [2.75, 3.05) is 5.32 Å². The zero-order chi connectivity index (χ0) is 25.6. The van der Waals surface area contributed by atoms with Gasteiger partial charge in [-0.05, 0) is 80.1 Å². The molecule has 2 aromatic carbocycles. The summed E-state index contributed by atoms with van der Waals surface area (Å²) in [5.41, 5.74) is 5.47. The van der Waals surface area contributed by atoms with Gasteiger partial charge in [-0.3, -0.25) is 4.40 Å². The van der Waals surface area contributed by atoms with E-state index < -0.39 is 0 Å². The summed E-state index contributed by atoms with van der Waals surface area (Å²) in [5.74, 6) is 1.13. The normalized spacial score (nSPS) is 14.1. The number of nitrogens with one attached hydrogen (secondary N) is 1. The summed E-state index contributed by atoms with van der Waals surface area (Å²) in [7, 11) is 0. The first-order valence-electron chi connectivity index (χ1n) is 13.8. The third-order valence-electron chi connectivity index (χ3n) is 7.33. The van der Waals surface area contributed by atoms with E-state index in [2.05, 4.69) is 41.9 Å². The van der Waals surface area contributed by atoms with Crippen LogP contribution < -0.4 is 10.1 Å². The van der Waals surface area contributed by atoms with E-state index in [4.69, 9.17) is 9.72 Å². The second-order valence-electron chi connectivity index (χ2n) is 10.3. The first-order chi connectivity index (χ1) is 18.1. The van der Waals surface area contributed by atoms with Crippen LogP contribution in [0.1, 0.15) is 79.8 Å². The van der Waals surface area contributed by atoms with Gasteiger partial charge in [0.25, 0.3) is 0 Å². The molecule has 1 aliphatic carbocycles. The number of carbonyl (C=O) groups excluding carboxylic acids is 1. The number of hydrogen-bond acceptors (Lipinski definition) is 4. The van der Waals surface area contributed by atoms with E-state index in [1.54, 1.807) is 0 Å². The molecule has 0 amide bonds. The Balaban J connectivity index is 1.44. The number of hydrogen-bond donors (Lipinski definition) is 1. The monoisotopic (exact) mass is 495 g/mol. The molecule has 2 aromatic heterocycles. The minimum Gasteiger partial charge on any atom is -0.422 e. The minimum absolute atomic E-state index is 0.353. The molecule has 5 heteroatoms. The maximum absolute atomic E-state index is 13.1. The molecule has 0 bridgehead atoms. The standard InChI is InChI=1S/C32H37N3O2/c1-3-4-6-11-24-16-18-25(19-17-24)32(36)37-28-15-10-9-14-27(28)30-31(33-26-12-7-5-8-13-26)35-21-20-23(2)22-29(35)34-30/h9-10,14-22,26,33H,3-8,11-13H2,1-2H3. The second kappa shape index (κ2) is 11.6. The predicted octanol–water partition coefficient (Wildman–Crippen LogP) is 8.01. The van der Waals surface area contributed by atoms with E-state index in [1.807, 2.05) is 48.5 Å². The fourth-order valence-electron chi connectivity index (χ4n) is 5.21. The van der Waals surface area contributed by atoms with Gasteiger partial charge in [-0.1, -0.05) is 63.3 Å². The first kappa shape index (κ1) is 25.1. The first-order valence-corrected chi connectivity index (χ1v) is 13.8. The second-order valence-corrected chi connectivity index (χ2v) is 10.3. The summed E-state index contributed by atoms with van der Waals surface area (Å²) in [6.07, 6.45) is 12.8. The summed E-state index contributed by atoms with van der Waals surface area (Å²) >= 11 is 0. The van der Waals surface area contributed by atoms with Gasteiger partial charge in [-0.15, -0.1) is 0 Å². The number of unbranched alkanes of at least 4 members (excludes halogenated alkanes) is 2. The van der Waals surface area contributed by atoms with E-state index in [0.29, 0.717) is 17.4 Å². The largest absolute Gasteiger partial charge is 0.422 e. The molecular weight excluding hydrogens is 458 g/mol. The van der Waals surface area contributed by atoms with Crippen LogP contribution in [0.2, 0.25) is 0 Å². The molecule has 5 nitrogen and oxygen atoms in total. The van der Waals surface area contributed by atoms with Crippen molar-refractivity contribution in [2.24, 2.45) is 0 Å². The number of aromatic nitrogens is 2. The van der Waals surface area contributed by atoms with Gasteiger partial charge in [-0.2, -0.15) is 0 Å². The van der Waals surface area contributed by atoms with Crippen LogP contribution in [0, 0.1) is 6.92 Å². The number of aryl methyl sites for hydroxylation is 2. The number of pyridine rings is 1. The molecule has 0 aliphatic heterocycles. The molecule has 5 rings (SSSR count). The lowest BCUT2D eigenvalue weighted by Crippen LogP contribution is -2.23. The zero-order valence-electron chi connectivity index (χ0n) is 22.0. The summed E-state index contributed by atoms with van der Waals surface area (Å²) in [4.78, 5) is 18.1. The molecular formula is C32H37N3O2. The van der Waals surface area contributed by atoms with Crippen LogP contribution in [0.3, 0.4) is 0 Å². The average Bonchev–Trinajstić information content (AvgIpc) is 3.27. The Hall–Kier alpha value is -3.60. The van der Waals surface area contributed by atoms with Crippen molar-refractivity contribution in [3.05, 3.63) is 83.6 Å². The molecule has 1 aliphatic rings. The van der Waals surface area contributed by atoms with E-state index in [9.17, 15) is 4.79 Å². The molecule has 192 valence electrons. The lowest BCUT2D eigenvalue weighted by molar-refractivity contribution is 0.0735. The predicted molar refractivity (Wildman–Crippen MR) is 150 cm³/mol. The van der Waals surface area contributed by atoms with Gasteiger partial charge in [-0.25, -0.2) is 9.78 Å². The van der Waals surface area contributed by atoms with E-state index in [-0.39, 0.29) is 5.97 Å². The van der Waals surface area contributed by atoms with Crippen molar-refractivity contribution in [3.8, 4) is 17.0 Å². The van der Waals surface area contributed by atoms with E-state index >= 15 is 0 Å². The smallest absolute Gasteiger partial charge is 0.343 e. The van der Waals surface area contributed by atoms with Crippen molar-refractivity contribution < 1.29 is 9.53 Å².